The van der Waals surface area contributed by atoms with Crippen LogP contribution in [0.3, 0.4) is 0 Å². The number of nitrogens with one attached hydrogen (secondary N) is 1. The molecule has 116 valence electrons. The molecule has 1 saturated carbocycles. The number of aromatic nitrogens is 2. The van der Waals surface area contributed by atoms with Gasteiger partial charge in [0.25, 0.3) is 0 Å². The third kappa shape index (κ3) is 2.67. The molecule has 0 unspecified atom stereocenters. The Labute approximate surface area is 129 Å². The van der Waals surface area contributed by atoms with E-state index in [1.54, 1.807) is 18.4 Å². The molecule has 2 heterocycles. The zero-order valence-electron chi connectivity index (χ0n) is 13.1. The molecule has 1 N–H and O–H groups in total. The number of imidazole rings is 1. The Morgan fingerprint density at radius 3 is 2.86 bits per heavy atom. The van der Waals surface area contributed by atoms with Crippen LogP contribution in [0.4, 0.5) is 0 Å². The van der Waals surface area contributed by atoms with Crippen LogP contribution >= 0.6 is 11.3 Å². The molecule has 1 fully saturated rings. The lowest BCUT2D eigenvalue weighted by molar-refractivity contribution is 0.153. The highest BCUT2D eigenvalue weighted by Gasteiger charge is 2.35. The fourth-order valence-electron chi connectivity index (χ4n) is 3.37. The molecule has 5 nitrogen and oxygen atoms in total. The summed E-state index contributed by atoms with van der Waals surface area (Å²) < 4.78 is 7.53. The number of thiazole rings is 1. The van der Waals surface area contributed by atoms with Crippen molar-refractivity contribution in [1.82, 2.24) is 19.6 Å². The second kappa shape index (κ2) is 5.94. The van der Waals surface area contributed by atoms with Crippen LogP contribution < -0.4 is 10.1 Å². The Bertz CT molecular complexity index is 598. The topological polar surface area (TPSA) is 41.8 Å². The summed E-state index contributed by atoms with van der Waals surface area (Å²) in [5, 5.41) is 5.69. The predicted molar refractivity (Wildman–Crippen MR) is 86.2 cm³/mol. The van der Waals surface area contributed by atoms with Gasteiger partial charge in [-0.25, -0.2) is 0 Å². The summed E-state index contributed by atoms with van der Waals surface area (Å²) in [6.07, 6.45) is 7.30. The van der Waals surface area contributed by atoms with Crippen LogP contribution in [0, 0.1) is 0 Å². The van der Waals surface area contributed by atoms with E-state index in [9.17, 15) is 0 Å². The van der Waals surface area contributed by atoms with Gasteiger partial charge in [-0.3, -0.25) is 4.40 Å². The SMILES string of the molecule is COc1nc2sccn2c1CNCC1(N(C)C)CCCC1. The summed E-state index contributed by atoms with van der Waals surface area (Å²) in [7, 11) is 6.08. The van der Waals surface area contributed by atoms with E-state index in [-0.39, 0.29) is 0 Å². The largest absolute Gasteiger partial charge is 0.480 e. The molecule has 0 saturated heterocycles. The van der Waals surface area contributed by atoms with Crippen LogP contribution in [0.2, 0.25) is 0 Å². The zero-order chi connectivity index (χ0) is 14.9. The minimum Gasteiger partial charge on any atom is -0.480 e. The first kappa shape index (κ1) is 14.8. The van der Waals surface area contributed by atoms with Crippen LogP contribution in [0.25, 0.3) is 4.96 Å². The van der Waals surface area contributed by atoms with Gasteiger partial charge in [0.05, 0.1) is 7.11 Å². The maximum absolute atomic E-state index is 5.41. The summed E-state index contributed by atoms with van der Waals surface area (Å²) in [6.45, 7) is 1.80. The van der Waals surface area contributed by atoms with Crippen molar-refractivity contribution in [2.45, 2.75) is 37.8 Å². The number of hydrogen-bond donors (Lipinski definition) is 1. The van der Waals surface area contributed by atoms with Crippen molar-refractivity contribution < 1.29 is 4.74 Å². The monoisotopic (exact) mass is 308 g/mol. The molecule has 21 heavy (non-hydrogen) atoms. The highest BCUT2D eigenvalue weighted by Crippen LogP contribution is 2.33. The average molecular weight is 308 g/mol. The zero-order valence-corrected chi connectivity index (χ0v) is 13.9. The van der Waals surface area contributed by atoms with E-state index in [4.69, 9.17) is 4.74 Å². The van der Waals surface area contributed by atoms with E-state index in [1.165, 1.54) is 25.7 Å². The van der Waals surface area contributed by atoms with Gasteiger partial charge in [0.2, 0.25) is 5.88 Å². The van der Waals surface area contributed by atoms with Crippen LogP contribution in [-0.2, 0) is 6.54 Å². The maximum atomic E-state index is 5.41. The van der Waals surface area contributed by atoms with Crippen molar-refractivity contribution in [2.75, 3.05) is 27.7 Å². The quantitative estimate of drug-likeness (QED) is 0.889. The van der Waals surface area contributed by atoms with Crippen molar-refractivity contribution in [2.24, 2.45) is 0 Å². The fourth-order valence-corrected chi connectivity index (χ4v) is 4.09. The van der Waals surface area contributed by atoms with Gasteiger partial charge in [0, 0.05) is 30.2 Å². The fraction of sp³-hybridized carbons (Fsp3) is 0.667. The number of fused-ring (bicyclic) bond motifs is 1. The second-order valence-electron chi connectivity index (χ2n) is 6.05. The molecular formula is C15H24N4OS. The third-order valence-electron chi connectivity index (χ3n) is 4.75. The minimum atomic E-state index is 0.311. The third-order valence-corrected chi connectivity index (χ3v) is 5.50. The molecule has 3 rings (SSSR count). The maximum Gasteiger partial charge on any atom is 0.237 e. The van der Waals surface area contributed by atoms with Crippen LogP contribution in [0.15, 0.2) is 11.6 Å². The normalized spacial score (nSPS) is 17.9. The van der Waals surface area contributed by atoms with Gasteiger partial charge in [-0.2, -0.15) is 4.98 Å². The number of ether oxygens (including phenoxy) is 1. The van der Waals surface area contributed by atoms with Gasteiger partial charge in [-0.15, -0.1) is 11.3 Å². The number of nitrogens with zero attached hydrogens (tertiary/aromatic N) is 3. The van der Waals surface area contributed by atoms with Crippen molar-refractivity contribution in [3.05, 3.63) is 17.3 Å². The average Bonchev–Trinajstić information content (AvgIpc) is 3.15. The molecule has 2 aromatic heterocycles. The van der Waals surface area contributed by atoms with E-state index in [1.807, 2.05) is 0 Å². The lowest BCUT2D eigenvalue weighted by atomic mass is 9.96. The van der Waals surface area contributed by atoms with Gasteiger partial charge in [-0.1, -0.05) is 12.8 Å². The molecule has 6 heteroatoms. The Balaban J connectivity index is 1.70. The molecule has 0 aliphatic heterocycles. The van der Waals surface area contributed by atoms with Crippen molar-refractivity contribution in [1.29, 1.82) is 0 Å². The van der Waals surface area contributed by atoms with Gasteiger partial charge >= 0.3 is 0 Å². The number of hydrogen-bond acceptors (Lipinski definition) is 5. The molecule has 2 aromatic rings. The molecule has 0 amide bonds. The summed E-state index contributed by atoms with van der Waals surface area (Å²) in [4.78, 5) is 7.88. The van der Waals surface area contributed by atoms with Gasteiger partial charge in [0.15, 0.2) is 4.96 Å². The molecule has 0 bridgehead atoms. The Hall–Kier alpha value is -1.11. The molecule has 1 aliphatic rings. The number of likely N-dealkylation sites (N-methyl/N-ethyl adjacent to an activating group) is 1. The van der Waals surface area contributed by atoms with E-state index >= 15 is 0 Å². The van der Waals surface area contributed by atoms with E-state index in [0.717, 1.165) is 29.6 Å². The second-order valence-corrected chi connectivity index (χ2v) is 6.93. The Kier molecular flexibility index (Phi) is 4.19. The van der Waals surface area contributed by atoms with Crippen molar-refractivity contribution in [3.8, 4) is 5.88 Å². The highest BCUT2D eigenvalue weighted by molar-refractivity contribution is 7.15. The lowest BCUT2D eigenvalue weighted by Crippen LogP contribution is -2.49. The molecular weight excluding hydrogens is 284 g/mol. The summed E-state index contributed by atoms with van der Waals surface area (Å²) in [5.41, 5.74) is 1.42. The van der Waals surface area contributed by atoms with Gasteiger partial charge in [0.1, 0.15) is 5.69 Å². The molecule has 0 spiro atoms. The van der Waals surface area contributed by atoms with Crippen LogP contribution in [0.5, 0.6) is 5.88 Å². The molecule has 0 radical (unpaired) electrons. The first-order chi connectivity index (χ1) is 10.2. The molecule has 0 atom stereocenters. The van der Waals surface area contributed by atoms with E-state index in [2.05, 4.69) is 45.3 Å². The van der Waals surface area contributed by atoms with Crippen molar-refractivity contribution >= 4 is 16.3 Å². The van der Waals surface area contributed by atoms with E-state index < -0.39 is 0 Å². The Morgan fingerprint density at radius 1 is 1.43 bits per heavy atom. The highest BCUT2D eigenvalue weighted by atomic mass is 32.1. The van der Waals surface area contributed by atoms with Gasteiger partial charge in [-0.05, 0) is 26.9 Å². The number of rotatable bonds is 6. The Morgan fingerprint density at radius 2 is 2.19 bits per heavy atom. The van der Waals surface area contributed by atoms with Crippen molar-refractivity contribution in [3.63, 3.8) is 0 Å². The molecule has 0 aromatic carbocycles. The van der Waals surface area contributed by atoms with Gasteiger partial charge < -0.3 is 15.0 Å². The smallest absolute Gasteiger partial charge is 0.237 e. The summed E-state index contributed by atoms with van der Waals surface area (Å²) in [6, 6.07) is 0. The lowest BCUT2D eigenvalue weighted by Gasteiger charge is -2.36. The summed E-state index contributed by atoms with van der Waals surface area (Å²) in [5.74, 6) is 0.736. The summed E-state index contributed by atoms with van der Waals surface area (Å²) >= 11 is 1.64. The first-order valence-corrected chi connectivity index (χ1v) is 8.41. The van der Waals surface area contributed by atoms with E-state index in [0.29, 0.717) is 5.54 Å². The van der Waals surface area contributed by atoms with Crippen LogP contribution in [-0.4, -0.2) is 47.6 Å². The standard InChI is InChI=1S/C15H24N4OS/c1-18(2)15(6-4-5-7-15)11-16-10-12-13(20-3)17-14-19(12)8-9-21-14/h8-9,16H,4-7,10-11H2,1-3H3. The molecule has 1 aliphatic carbocycles. The minimum absolute atomic E-state index is 0.311. The predicted octanol–water partition coefficient (Wildman–Crippen LogP) is 2.37. The first-order valence-electron chi connectivity index (χ1n) is 7.53. The van der Waals surface area contributed by atoms with Crippen LogP contribution in [0.1, 0.15) is 31.4 Å². The number of methoxy groups -OCH3 is 1.